The zero-order valence-corrected chi connectivity index (χ0v) is 16.3. The minimum Gasteiger partial charge on any atom is -0.445 e. The molecule has 2 heterocycles. The lowest BCUT2D eigenvalue weighted by molar-refractivity contribution is -0.117. The van der Waals surface area contributed by atoms with Crippen LogP contribution in [0.4, 0.5) is 10.5 Å². The maximum absolute atomic E-state index is 12.7. The summed E-state index contributed by atoms with van der Waals surface area (Å²) in [6.45, 7) is 2.04. The number of aromatic nitrogens is 1. The molecule has 3 aromatic rings. The maximum Gasteiger partial charge on any atom is 0.409 e. The van der Waals surface area contributed by atoms with Crippen LogP contribution in [0.3, 0.4) is 0 Å². The van der Waals surface area contributed by atoms with Crippen molar-refractivity contribution in [2.45, 2.75) is 19.7 Å². The average Bonchev–Trinajstić information content (AvgIpc) is 2.90. The molecule has 7 heteroatoms. The van der Waals surface area contributed by atoms with Crippen LogP contribution >= 0.6 is 0 Å². The van der Waals surface area contributed by atoms with Gasteiger partial charge in [-0.15, -0.1) is 0 Å². The lowest BCUT2D eigenvalue weighted by atomic mass is 10.0. The number of nitrogens with one attached hydrogen (secondary N) is 2. The summed E-state index contributed by atoms with van der Waals surface area (Å²) in [7, 11) is 0. The van der Waals surface area contributed by atoms with Crippen LogP contribution in [0, 0.1) is 6.92 Å². The first kappa shape index (κ1) is 19.3. The van der Waals surface area contributed by atoms with Gasteiger partial charge >= 0.3 is 6.09 Å². The molecule has 7 nitrogen and oxygen atoms in total. The number of hydrogen-bond acceptors (Lipinski definition) is 5. The van der Waals surface area contributed by atoms with Gasteiger partial charge in [0.25, 0.3) is 5.91 Å². The number of alkyl carbamates (subject to hydrolysis) is 1. The third kappa shape index (κ3) is 4.35. The molecule has 1 aliphatic heterocycles. The van der Waals surface area contributed by atoms with Gasteiger partial charge in [-0.25, -0.2) is 9.79 Å². The summed E-state index contributed by atoms with van der Waals surface area (Å²) >= 11 is 0. The summed E-state index contributed by atoms with van der Waals surface area (Å²) in [6, 6.07) is 20.4. The number of pyridine rings is 1. The summed E-state index contributed by atoms with van der Waals surface area (Å²) < 4.78 is 5.24. The van der Waals surface area contributed by atoms with Gasteiger partial charge in [0, 0.05) is 11.8 Å². The minimum atomic E-state index is -1.15. The number of benzene rings is 2. The zero-order valence-electron chi connectivity index (χ0n) is 16.3. The van der Waals surface area contributed by atoms with Gasteiger partial charge in [0.1, 0.15) is 6.61 Å². The second-order valence-corrected chi connectivity index (χ2v) is 6.84. The van der Waals surface area contributed by atoms with Gasteiger partial charge in [-0.05, 0) is 30.2 Å². The summed E-state index contributed by atoms with van der Waals surface area (Å²) in [5.74, 6) is -0.457. The van der Waals surface area contributed by atoms with E-state index < -0.39 is 18.2 Å². The van der Waals surface area contributed by atoms with Gasteiger partial charge in [-0.3, -0.25) is 15.1 Å². The molecule has 1 atom stereocenters. The molecule has 0 bridgehead atoms. The van der Waals surface area contributed by atoms with Crippen molar-refractivity contribution in [2.24, 2.45) is 4.99 Å². The number of anilines is 1. The molecule has 0 fully saturated rings. The first-order valence-corrected chi connectivity index (χ1v) is 9.48. The van der Waals surface area contributed by atoms with Crippen LogP contribution in [0.2, 0.25) is 0 Å². The number of aliphatic imine (C=N–C) groups is 1. The van der Waals surface area contributed by atoms with Crippen LogP contribution in [0.25, 0.3) is 0 Å². The van der Waals surface area contributed by atoms with Crippen molar-refractivity contribution >= 4 is 23.4 Å². The Morgan fingerprint density at radius 1 is 1.07 bits per heavy atom. The number of amides is 2. The molecule has 30 heavy (non-hydrogen) atoms. The molecular formula is C23H20N4O3. The fraction of sp³-hybridized carbons (Fsp3) is 0.130. The van der Waals surface area contributed by atoms with E-state index in [-0.39, 0.29) is 6.61 Å². The Morgan fingerprint density at radius 3 is 2.60 bits per heavy atom. The van der Waals surface area contributed by atoms with Crippen LogP contribution in [0.5, 0.6) is 0 Å². The number of carbonyl (C=O) groups is 2. The highest BCUT2D eigenvalue weighted by atomic mass is 16.5. The third-order valence-corrected chi connectivity index (χ3v) is 4.57. The summed E-state index contributed by atoms with van der Waals surface area (Å²) in [6.07, 6.45) is -0.152. The number of fused-ring (bicyclic) bond motifs is 1. The van der Waals surface area contributed by atoms with Crippen molar-refractivity contribution in [3.05, 3.63) is 95.3 Å². The predicted molar refractivity (Wildman–Crippen MR) is 113 cm³/mol. The molecule has 0 spiro atoms. The van der Waals surface area contributed by atoms with Gasteiger partial charge in [0.2, 0.25) is 6.17 Å². The largest absolute Gasteiger partial charge is 0.445 e. The van der Waals surface area contributed by atoms with E-state index in [1.165, 1.54) is 0 Å². The van der Waals surface area contributed by atoms with Crippen molar-refractivity contribution in [1.29, 1.82) is 0 Å². The van der Waals surface area contributed by atoms with E-state index in [2.05, 4.69) is 20.6 Å². The number of rotatable bonds is 4. The zero-order chi connectivity index (χ0) is 20.9. The number of benzodiazepines with no additional fused rings is 1. The predicted octanol–water partition coefficient (Wildman–Crippen LogP) is 3.43. The number of para-hydroxylation sites is 1. The lowest BCUT2D eigenvalue weighted by Gasteiger charge is -2.13. The molecule has 1 aliphatic rings. The molecule has 150 valence electrons. The Balaban J connectivity index is 1.59. The van der Waals surface area contributed by atoms with Crippen LogP contribution < -0.4 is 10.6 Å². The summed E-state index contributed by atoms with van der Waals surface area (Å²) in [5, 5.41) is 5.35. The van der Waals surface area contributed by atoms with E-state index in [0.717, 1.165) is 16.7 Å². The fourth-order valence-electron chi connectivity index (χ4n) is 3.04. The van der Waals surface area contributed by atoms with Crippen molar-refractivity contribution in [3.63, 3.8) is 0 Å². The van der Waals surface area contributed by atoms with E-state index >= 15 is 0 Å². The van der Waals surface area contributed by atoms with Crippen molar-refractivity contribution < 1.29 is 14.3 Å². The number of hydrogen-bond donors (Lipinski definition) is 2. The SMILES string of the molecule is Cc1ccc(C2=NC(NC(=O)OCc3ccccc3)C(=O)Nc3ccccc32)nc1. The van der Waals surface area contributed by atoms with E-state index in [1.54, 1.807) is 12.3 Å². The van der Waals surface area contributed by atoms with Gasteiger partial charge in [0.15, 0.2) is 0 Å². The topological polar surface area (TPSA) is 92.7 Å². The molecule has 2 amide bonds. The van der Waals surface area contributed by atoms with Crippen molar-refractivity contribution in [2.75, 3.05) is 5.32 Å². The Kier molecular flexibility index (Phi) is 5.52. The molecule has 0 saturated carbocycles. The van der Waals surface area contributed by atoms with E-state index in [4.69, 9.17) is 4.74 Å². The minimum absolute atomic E-state index is 0.0946. The Labute approximate surface area is 173 Å². The first-order valence-electron chi connectivity index (χ1n) is 9.48. The first-order chi connectivity index (χ1) is 14.6. The molecule has 1 unspecified atom stereocenters. The van der Waals surface area contributed by atoms with Gasteiger partial charge in [-0.1, -0.05) is 54.6 Å². The molecule has 0 radical (unpaired) electrons. The standard InChI is InChI=1S/C23H20N4O3/c1-15-11-12-19(24-13-15)20-17-9-5-6-10-18(17)25-22(28)21(26-20)27-23(29)30-14-16-7-3-2-4-8-16/h2-13,21H,14H2,1H3,(H,25,28)(H,27,29). The van der Waals surface area contributed by atoms with Crippen molar-refractivity contribution in [3.8, 4) is 0 Å². The molecule has 2 N–H and O–H groups in total. The second kappa shape index (κ2) is 8.57. The average molecular weight is 400 g/mol. The third-order valence-electron chi connectivity index (χ3n) is 4.57. The van der Waals surface area contributed by atoms with Gasteiger partial charge < -0.3 is 10.1 Å². The summed E-state index contributed by atoms with van der Waals surface area (Å²) in [5.41, 5.74) is 4.30. The number of aryl methyl sites for hydroxylation is 1. The highest BCUT2D eigenvalue weighted by Crippen LogP contribution is 2.23. The van der Waals surface area contributed by atoms with Crippen molar-refractivity contribution in [1.82, 2.24) is 10.3 Å². The van der Waals surface area contributed by atoms with Gasteiger partial charge in [-0.2, -0.15) is 0 Å². The van der Waals surface area contributed by atoms with E-state index in [1.807, 2.05) is 67.6 Å². The molecule has 4 rings (SSSR count). The molecule has 2 aromatic carbocycles. The Morgan fingerprint density at radius 2 is 1.83 bits per heavy atom. The maximum atomic E-state index is 12.7. The Bertz CT molecular complexity index is 1090. The highest BCUT2D eigenvalue weighted by Gasteiger charge is 2.27. The normalized spacial score (nSPS) is 15.3. The van der Waals surface area contributed by atoms with Crippen LogP contribution in [0.1, 0.15) is 22.4 Å². The number of ether oxygens (including phenoxy) is 1. The highest BCUT2D eigenvalue weighted by molar-refractivity contribution is 6.19. The molecule has 0 saturated heterocycles. The fourth-order valence-corrected chi connectivity index (χ4v) is 3.04. The lowest BCUT2D eigenvalue weighted by Crippen LogP contribution is -2.42. The van der Waals surface area contributed by atoms with Crippen LogP contribution in [-0.4, -0.2) is 28.9 Å². The number of carbonyl (C=O) groups excluding carboxylic acids is 2. The molecular weight excluding hydrogens is 380 g/mol. The molecule has 0 aliphatic carbocycles. The van der Waals surface area contributed by atoms with Gasteiger partial charge in [0.05, 0.1) is 17.1 Å². The van der Waals surface area contributed by atoms with E-state index in [9.17, 15) is 9.59 Å². The number of nitrogens with zero attached hydrogens (tertiary/aromatic N) is 2. The monoisotopic (exact) mass is 400 g/mol. The Hall–Kier alpha value is -4.00. The summed E-state index contributed by atoms with van der Waals surface area (Å²) in [4.78, 5) is 34.0. The van der Waals surface area contributed by atoms with E-state index in [0.29, 0.717) is 17.1 Å². The second-order valence-electron chi connectivity index (χ2n) is 6.84. The quantitative estimate of drug-likeness (QED) is 0.702. The molecule has 1 aromatic heterocycles. The van der Waals surface area contributed by atoms with Crippen LogP contribution in [0.15, 0.2) is 77.9 Å². The smallest absolute Gasteiger partial charge is 0.409 e. The van der Waals surface area contributed by atoms with Crippen LogP contribution in [-0.2, 0) is 16.1 Å².